The second kappa shape index (κ2) is 39.8. The van der Waals surface area contributed by atoms with Crippen LogP contribution in [0.1, 0.15) is 74.9 Å². The predicted molar refractivity (Wildman–Crippen MR) is 574 cm³/mol. The molecule has 3 aliphatic carbocycles. The average molecular weight is 1790 g/mol. The molecule has 0 radical (unpaired) electrons. The summed E-state index contributed by atoms with van der Waals surface area (Å²) in [5.74, 6) is 0. The average Bonchev–Trinajstić information content (AvgIpc) is 1.59. The third kappa shape index (κ3) is 18.8. The quantitative estimate of drug-likeness (QED) is 0.152. The SMILES string of the molecule is CC1(C)c2ccccc2-c2ccccc21.CC1(C)c2ccccc2-c2ccccc21.CC1(C)c2ccccc2-c2ccccc21.c1ccc2c(c1)oc1ccccc12.c1ccc2c(c1)oc1ccccc12.c1ccc2c(c1)sc1ccccc12.c1ccc2c(c1)sc1ccccc12.c1ccc2occc2c1.c1ccc2occc2c1.c1ccc2sccc2c1.c1ccc2sccc2c1. The van der Waals surface area contributed by atoms with Crippen molar-refractivity contribution in [2.45, 2.75) is 57.8 Å². The Bertz CT molecular complexity index is 7050. The zero-order valence-electron chi connectivity index (χ0n) is 75.0. The molecule has 26 aromatic rings. The molecule has 29 rings (SSSR count). The van der Waals surface area contributed by atoms with Crippen LogP contribution in [0.3, 0.4) is 0 Å². The number of benzene rings is 18. The molecule has 0 saturated heterocycles. The summed E-state index contributed by atoms with van der Waals surface area (Å²) in [7, 11) is 0. The number of thiophene rings is 4. The molecular weight excluding hydrogens is 1690 g/mol. The standard InChI is InChI=1S/3C15H14.2C12H8O.2C12H8S.2C8H6O.2C8H6S/c3*1-15(2)13-9-5-3-7-11(13)12-8-4-6-10-14(12)15;4*1-3-7-11-9(5-1)10-6-2-4-8-12(10)13-11;4*1-2-4-8-7(3-1)5-6-9-8/h3*3-10H,1-2H3;4*1-8H;4*1-6H. The van der Waals surface area contributed by atoms with Gasteiger partial charge in [0.1, 0.15) is 33.5 Å². The molecule has 8 aromatic heterocycles. The Hall–Kier alpha value is -15.0. The van der Waals surface area contributed by atoms with E-state index in [-0.39, 0.29) is 16.2 Å². The highest BCUT2D eigenvalue weighted by Crippen LogP contribution is 2.51. The summed E-state index contributed by atoms with van der Waals surface area (Å²) in [5.41, 5.74) is 23.3. The molecule has 18 aromatic carbocycles. The number of fused-ring (bicyclic) bond motifs is 25. The van der Waals surface area contributed by atoms with E-state index in [1.54, 1.807) is 35.2 Å². The van der Waals surface area contributed by atoms with Gasteiger partial charge in [0.25, 0.3) is 0 Å². The van der Waals surface area contributed by atoms with Crippen molar-refractivity contribution in [2.24, 2.45) is 0 Å². The summed E-state index contributed by atoms with van der Waals surface area (Å²) < 4.78 is 29.8. The highest BCUT2D eigenvalue weighted by atomic mass is 32.1. The Morgan fingerprint density at radius 3 is 0.609 bits per heavy atom. The smallest absolute Gasteiger partial charge is 0.135 e. The van der Waals surface area contributed by atoms with Crippen LogP contribution in [0.5, 0.6) is 0 Å². The number of furan rings is 4. The molecule has 0 fully saturated rings. The fourth-order valence-corrected chi connectivity index (χ4v) is 22.1. The fourth-order valence-electron chi connectivity index (χ4n) is 18.3. The van der Waals surface area contributed by atoms with Gasteiger partial charge in [-0.15, -0.1) is 45.3 Å². The van der Waals surface area contributed by atoms with Gasteiger partial charge in [-0.2, -0.15) is 0 Å². The second-order valence-corrected chi connectivity index (χ2v) is 38.4. The first-order chi connectivity index (χ1) is 65.3. The van der Waals surface area contributed by atoms with Crippen molar-refractivity contribution in [3.8, 4) is 33.4 Å². The summed E-state index contributed by atoms with van der Waals surface area (Å²) in [6.45, 7) is 13.8. The summed E-state index contributed by atoms with van der Waals surface area (Å²) in [6.07, 6.45) is 3.40. The topological polar surface area (TPSA) is 52.6 Å². The first-order valence-electron chi connectivity index (χ1n) is 45.0. The van der Waals surface area contributed by atoms with E-state index in [1.165, 1.54) is 149 Å². The first-order valence-corrected chi connectivity index (χ1v) is 48.4. The third-order valence-corrected chi connectivity index (χ3v) is 29.2. The second-order valence-electron chi connectivity index (χ2n) is 34.4. The van der Waals surface area contributed by atoms with E-state index < -0.39 is 0 Å². The van der Waals surface area contributed by atoms with E-state index >= 15 is 0 Å². The van der Waals surface area contributed by atoms with Crippen molar-refractivity contribution in [1.29, 1.82) is 0 Å². The predicted octanol–water partition coefficient (Wildman–Crippen LogP) is 37.9. The van der Waals surface area contributed by atoms with Gasteiger partial charge >= 0.3 is 0 Å². The molecule has 0 aliphatic heterocycles. The van der Waals surface area contributed by atoms with Crippen LogP contribution < -0.4 is 0 Å². The molecule has 8 heteroatoms. The van der Waals surface area contributed by atoms with Crippen molar-refractivity contribution in [3.63, 3.8) is 0 Å². The number of hydrogen-bond donors (Lipinski definition) is 0. The maximum Gasteiger partial charge on any atom is 0.135 e. The Labute approximate surface area is 791 Å². The minimum absolute atomic E-state index is 0.160. The lowest BCUT2D eigenvalue weighted by Crippen LogP contribution is -2.14. The van der Waals surface area contributed by atoms with Gasteiger partial charge in [-0.25, -0.2) is 0 Å². The van der Waals surface area contributed by atoms with Gasteiger partial charge in [-0.3, -0.25) is 0 Å². The summed E-state index contributed by atoms with van der Waals surface area (Å²) in [4.78, 5) is 0. The molecule has 0 N–H and O–H groups in total. The molecule has 0 amide bonds. The van der Waals surface area contributed by atoms with Gasteiger partial charge in [0.15, 0.2) is 0 Å². The number of rotatable bonds is 0. The maximum absolute atomic E-state index is 5.65. The van der Waals surface area contributed by atoms with Crippen LogP contribution in [0, 0.1) is 0 Å². The van der Waals surface area contributed by atoms with Crippen LogP contribution in [0.4, 0.5) is 0 Å². The van der Waals surface area contributed by atoms with Crippen LogP contribution in [-0.2, 0) is 16.2 Å². The van der Waals surface area contributed by atoms with E-state index in [2.05, 4.69) is 380 Å². The Morgan fingerprint density at radius 1 is 0.165 bits per heavy atom. The van der Waals surface area contributed by atoms with Gasteiger partial charge in [-0.1, -0.05) is 406 Å². The van der Waals surface area contributed by atoms with E-state index in [0.29, 0.717) is 0 Å². The van der Waals surface area contributed by atoms with Gasteiger partial charge in [-0.05, 0) is 185 Å². The van der Waals surface area contributed by atoms with Crippen molar-refractivity contribution in [3.05, 3.63) is 518 Å². The van der Waals surface area contributed by atoms with Crippen molar-refractivity contribution in [2.75, 3.05) is 0 Å². The molecule has 0 unspecified atom stereocenters. The van der Waals surface area contributed by atoms with Crippen LogP contribution >= 0.6 is 45.3 Å². The number of hydrogen-bond acceptors (Lipinski definition) is 8. The molecule has 0 saturated carbocycles. The highest BCUT2D eigenvalue weighted by Gasteiger charge is 2.37. The molecule has 4 nitrogen and oxygen atoms in total. The molecule has 3 aliphatic rings. The highest BCUT2D eigenvalue weighted by molar-refractivity contribution is 7.26. The van der Waals surface area contributed by atoms with E-state index in [1.807, 2.05) is 156 Å². The van der Waals surface area contributed by atoms with Crippen molar-refractivity contribution >= 4 is 172 Å². The van der Waals surface area contributed by atoms with Crippen LogP contribution in [0.25, 0.3) is 160 Å². The molecule has 0 bridgehead atoms. The Balaban J connectivity index is 0.0000000947. The fraction of sp³-hybridized carbons (Fsp3) is 0.0720. The Kier molecular flexibility index (Phi) is 26.1. The van der Waals surface area contributed by atoms with Crippen molar-refractivity contribution < 1.29 is 17.7 Å². The summed E-state index contributed by atoms with van der Waals surface area (Å²) >= 11 is 7.30. The van der Waals surface area contributed by atoms with Gasteiger partial charge < -0.3 is 17.7 Å². The minimum Gasteiger partial charge on any atom is -0.464 e. The lowest BCUT2D eigenvalue weighted by molar-refractivity contribution is 0.615. The summed E-state index contributed by atoms with van der Waals surface area (Å²) in [5, 5.41) is 19.5. The molecule has 8 heterocycles. The zero-order valence-corrected chi connectivity index (χ0v) is 78.2. The summed E-state index contributed by atoms with van der Waals surface area (Å²) in [6, 6.07) is 160. The first kappa shape index (κ1) is 87.3. The molecule has 646 valence electrons. The zero-order chi connectivity index (χ0) is 90.5. The molecule has 133 heavy (non-hydrogen) atoms. The van der Waals surface area contributed by atoms with Crippen LogP contribution in [0.2, 0.25) is 0 Å². The maximum atomic E-state index is 5.65. The van der Waals surface area contributed by atoms with Crippen molar-refractivity contribution in [1.82, 2.24) is 0 Å². The van der Waals surface area contributed by atoms with E-state index in [0.717, 1.165) is 44.3 Å². The normalized spacial score (nSPS) is 12.5. The van der Waals surface area contributed by atoms with E-state index in [4.69, 9.17) is 17.7 Å². The molecular formula is C125H98O4S4. The van der Waals surface area contributed by atoms with Crippen LogP contribution in [0.15, 0.2) is 502 Å². The monoisotopic (exact) mass is 1790 g/mol. The van der Waals surface area contributed by atoms with Gasteiger partial charge in [0.05, 0.1) is 12.5 Å². The largest absolute Gasteiger partial charge is 0.464 e. The van der Waals surface area contributed by atoms with Crippen LogP contribution in [-0.4, -0.2) is 0 Å². The third-order valence-electron chi connectivity index (χ3n) is 25.1. The molecule has 0 spiro atoms. The number of para-hydroxylation sites is 6. The Morgan fingerprint density at radius 2 is 0.361 bits per heavy atom. The van der Waals surface area contributed by atoms with E-state index in [9.17, 15) is 0 Å². The van der Waals surface area contributed by atoms with Gasteiger partial charge in [0.2, 0.25) is 0 Å². The van der Waals surface area contributed by atoms with Gasteiger partial charge in [0, 0.05) is 98.3 Å². The lowest BCUT2D eigenvalue weighted by atomic mass is 9.82. The minimum atomic E-state index is 0.160. The molecule has 0 atom stereocenters. The lowest BCUT2D eigenvalue weighted by Gasteiger charge is -2.20.